The van der Waals surface area contributed by atoms with Crippen LogP contribution < -0.4 is 0 Å². The first kappa shape index (κ1) is 16.0. The van der Waals surface area contributed by atoms with Crippen molar-refractivity contribution in [3.05, 3.63) is 0 Å². The van der Waals surface area contributed by atoms with Crippen LogP contribution in [0.15, 0.2) is 0 Å². The van der Waals surface area contributed by atoms with Crippen molar-refractivity contribution in [2.45, 2.75) is 52.2 Å². The first-order valence-corrected chi connectivity index (χ1v) is 6.22. The van der Waals surface area contributed by atoms with E-state index in [0.29, 0.717) is 13.5 Å². The summed E-state index contributed by atoms with van der Waals surface area (Å²) in [5.74, 6) is 0. The van der Waals surface area contributed by atoms with Crippen LogP contribution in [0.2, 0.25) is 10.6 Å². The quantitative estimate of drug-likeness (QED) is 0.680. The van der Waals surface area contributed by atoms with Crippen LogP contribution in [0.5, 0.6) is 0 Å². The maximum atomic E-state index is 2.37. The van der Waals surface area contributed by atoms with Crippen molar-refractivity contribution in [1.82, 2.24) is 9.62 Å². The van der Waals surface area contributed by atoms with Crippen molar-refractivity contribution in [3.63, 3.8) is 0 Å². The topological polar surface area (TPSA) is 6.48 Å². The Hall–Kier alpha value is 0.0499. The van der Waals surface area contributed by atoms with Gasteiger partial charge in [0.15, 0.2) is 0 Å². The smallest absolute Gasteiger partial charge is 0.213 e. The molecule has 0 aliphatic carbocycles. The lowest BCUT2D eigenvalue weighted by Crippen LogP contribution is -2.62. The minimum atomic E-state index is 0.283. The number of rotatable bonds is 3. The van der Waals surface area contributed by atoms with E-state index in [1.165, 1.54) is 0 Å². The lowest BCUT2D eigenvalue weighted by atomic mass is 9.06. The molecule has 4 heteroatoms. The van der Waals surface area contributed by atoms with Gasteiger partial charge in [-0.2, -0.15) is 0 Å². The molecule has 0 bridgehead atoms. The van der Waals surface area contributed by atoms with E-state index in [1.807, 2.05) is 0 Å². The molecule has 0 aromatic rings. The van der Waals surface area contributed by atoms with Crippen molar-refractivity contribution >= 4 is 13.5 Å². The Bertz CT molecular complexity index is 190. The fraction of sp³-hybridized carbons (Fsp3) is 1.00. The van der Waals surface area contributed by atoms with Crippen LogP contribution in [0, 0.1) is 0 Å². The lowest BCUT2D eigenvalue weighted by Gasteiger charge is -2.45. The van der Waals surface area contributed by atoms with Gasteiger partial charge in [-0.3, -0.25) is 0 Å². The van der Waals surface area contributed by atoms with Gasteiger partial charge in [0.05, 0.1) is 0 Å². The molecule has 0 aromatic heterocycles. The van der Waals surface area contributed by atoms with Crippen molar-refractivity contribution in [2.75, 3.05) is 28.2 Å². The van der Waals surface area contributed by atoms with Gasteiger partial charge < -0.3 is 9.62 Å². The van der Waals surface area contributed by atoms with Gasteiger partial charge in [-0.25, -0.2) is 0 Å². The van der Waals surface area contributed by atoms with Crippen LogP contribution in [0.1, 0.15) is 41.5 Å². The summed E-state index contributed by atoms with van der Waals surface area (Å²) in [6.45, 7) is 15.1. The Balaban J connectivity index is 5.30. The third-order valence-electron chi connectivity index (χ3n) is 3.19. The van der Waals surface area contributed by atoms with Gasteiger partial charge in [-0.15, -0.1) is 0 Å². The predicted molar refractivity (Wildman–Crippen MR) is 78.3 cm³/mol. The van der Waals surface area contributed by atoms with E-state index in [9.17, 15) is 0 Å². The fourth-order valence-electron chi connectivity index (χ4n) is 3.06. The number of nitrogens with zero attached hydrogens (tertiary/aromatic N) is 2. The van der Waals surface area contributed by atoms with E-state index in [1.54, 1.807) is 0 Å². The summed E-state index contributed by atoms with van der Waals surface area (Å²) in [7, 11) is 8.77. The molecule has 0 aliphatic rings. The second kappa shape index (κ2) is 5.14. The third-order valence-corrected chi connectivity index (χ3v) is 3.19. The Morgan fingerprint density at radius 1 is 0.562 bits per heavy atom. The first-order chi connectivity index (χ1) is 6.89. The molecule has 16 heavy (non-hydrogen) atoms. The molecular weight excluding hydrogens is 194 g/mol. The van der Waals surface area contributed by atoms with Crippen molar-refractivity contribution in [3.8, 4) is 0 Å². The van der Waals surface area contributed by atoms with Crippen LogP contribution in [0.3, 0.4) is 0 Å². The highest BCUT2D eigenvalue weighted by Gasteiger charge is 2.47. The van der Waals surface area contributed by atoms with Gasteiger partial charge in [0.2, 0.25) is 13.5 Å². The minimum absolute atomic E-state index is 0.283. The average Bonchev–Trinajstić information content (AvgIpc) is 1.92. The molecule has 0 saturated heterocycles. The molecule has 0 aliphatic heterocycles. The maximum absolute atomic E-state index is 2.37. The van der Waals surface area contributed by atoms with Crippen LogP contribution in [0.25, 0.3) is 0 Å². The van der Waals surface area contributed by atoms with Gasteiger partial charge >= 0.3 is 0 Å². The number of hydrogen-bond acceptors (Lipinski definition) is 2. The number of hydrogen-bond donors (Lipinski definition) is 0. The summed E-state index contributed by atoms with van der Waals surface area (Å²) in [5, 5.41) is 0.567. The van der Waals surface area contributed by atoms with Crippen LogP contribution >= 0.6 is 0 Å². The summed E-state index contributed by atoms with van der Waals surface area (Å²) in [4.78, 5) is 4.74. The summed E-state index contributed by atoms with van der Waals surface area (Å²) in [6.07, 6.45) is 0. The molecule has 0 heterocycles. The van der Waals surface area contributed by atoms with Gasteiger partial charge in [0, 0.05) is 0 Å². The van der Waals surface area contributed by atoms with Gasteiger partial charge in [0.25, 0.3) is 0 Å². The van der Waals surface area contributed by atoms with Gasteiger partial charge in [-0.05, 0) is 38.8 Å². The molecule has 0 N–H and O–H groups in total. The molecule has 0 radical (unpaired) electrons. The van der Waals surface area contributed by atoms with Crippen LogP contribution in [-0.4, -0.2) is 51.3 Å². The zero-order chi connectivity index (χ0) is 13.3. The predicted octanol–water partition coefficient (Wildman–Crippen LogP) is 2.77. The van der Waals surface area contributed by atoms with E-state index >= 15 is 0 Å². The van der Waals surface area contributed by atoms with E-state index in [2.05, 4.69) is 79.4 Å². The molecule has 0 saturated carbocycles. The van der Waals surface area contributed by atoms with E-state index in [4.69, 9.17) is 0 Å². The van der Waals surface area contributed by atoms with E-state index in [-0.39, 0.29) is 10.6 Å². The molecule has 0 atom stereocenters. The van der Waals surface area contributed by atoms with Crippen molar-refractivity contribution in [2.24, 2.45) is 0 Å². The first-order valence-electron chi connectivity index (χ1n) is 6.22. The molecule has 0 fully saturated rings. The Labute approximate surface area is 104 Å². The normalized spacial score (nSPS) is 13.5. The van der Waals surface area contributed by atoms with E-state index < -0.39 is 0 Å². The largest absolute Gasteiger partial charge is 0.351 e. The molecule has 0 aromatic carbocycles. The molecule has 94 valence electrons. The summed E-state index contributed by atoms with van der Waals surface area (Å²) in [6, 6.07) is 0. The molecule has 0 rings (SSSR count). The summed E-state index contributed by atoms with van der Waals surface area (Å²) < 4.78 is 0. The van der Waals surface area contributed by atoms with Crippen LogP contribution in [-0.2, 0) is 0 Å². The Morgan fingerprint density at radius 3 is 0.812 bits per heavy atom. The summed E-state index contributed by atoms with van der Waals surface area (Å²) >= 11 is 0. The Kier molecular flexibility index (Phi) is 5.15. The third kappa shape index (κ3) is 4.14. The highest BCUT2D eigenvalue weighted by Crippen LogP contribution is 2.38. The standard InChI is InChI=1S/C12H30B2N2/c1-11(2,3)13(15(7)8)14(16(9)10)12(4,5)6/h1-10H3. The second-order valence-corrected chi connectivity index (χ2v) is 7.55. The molecule has 0 amide bonds. The molecule has 0 unspecified atom stereocenters. The summed E-state index contributed by atoms with van der Waals surface area (Å²) in [5.41, 5.74) is 0. The molecular formula is C12H30B2N2. The molecule has 2 nitrogen and oxygen atoms in total. The lowest BCUT2D eigenvalue weighted by molar-refractivity contribution is 0.547. The average molecular weight is 224 g/mol. The zero-order valence-corrected chi connectivity index (χ0v) is 13.0. The van der Waals surface area contributed by atoms with E-state index in [0.717, 1.165) is 0 Å². The zero-order valence-electron chi connectivity index (χ0n) is 13.0. The van der Waals surface area contributed by atoms with Crippen LogP contribution in [0.4, 0.5) is 0 Å². The monoisotopic (exact) mass is 224 g/mol. The maximum Gasteiger partial charge on any atom is 0.213 e. The van der Waals surface area contributed by atoms with Crippen molar-refractivity contribution < 1.29 is 0 Å². The Morgan fingerprint density at radius 2 is 0.750 bits per heavy atom. The van der Waals surface area contributed by atoms with Crippen molar-refractivity contribution in [1.29, 1.82) is 0 Å². The fourth-order valence-corrected chi connectivity index (χ4v) is 3.06. The van der Waals surface area contributed by atoms with Gasteiger partial charge in [0.1, 0.15) is 0 Å². The SMILES string of the molecule is CN(C)B(B(N(C)C)C(C)(C)C)C(C)(C)C. The highest BCUT2D eigenvalue weighted by molar-refractivity contribution is 7.22. The van der Waals surface area contributed by atoms with Gasteiger partial charge in [-0.1, -0.05) is 41.5 Å². The minimum Gasteiger partial charge on any atom is -0.351 e. The second-order valence-electron chi connectivity index (χ2n) is 7.55. The highest BCUT2D eigenvalue weighted by atomic mass is 15.0. The molecule has 0 spiro atoms.